The van der Waals surface area contributed by atoms with Crippen molar-refractivity contribution < 1.29 is 14.6 Å². The highest BCUT2D eigenvalue weighted by molar-refractivity contribution is 5.27. The first-order valence-electron chi connectivity index (χ1n) is 6.22. The Labute approximate surface area is 113 Å². The number of nitriles is 1. The van der Waals surface area contributed by atoms with Gasteiger partial charge < -0.3 is 19.9 Å². The zero-order valence-electron chi connectivity index (χ0n) is 11.1. The zero-order chi connectivity index (χ0) is 13.9. The van der Waals surface area contributed by atoms with Crippen molar-refractivity contribution in [2.45, 2.75) is 19.1 Å². The lowest BCUT2D eigenvalue weighted by Gasteiger charge is -2.10. The molecule has 19 heavy (non-hydrogen) atoms. The number of benzene rings is 1. The lowest BCUT2D eigenvalue weighted by molar-refractivity contribution is 0.0594. The van der Waals surface area contributed by atoms with Crippen LogP contribution in [-0.4, -0.2) is 38.1 Å². The fourth-order valence-corrected chi connectivity index (χ4v) is 1.60. The fourth-order valence-electron chi connectivity index (χ4n) is 1.60. The molecule has 0 aliphatic rings. The number of nitrogens with one attached hydrogen (secondary N) is 1. The largest absolute Gasteiger partial charge is 0.479 e. The van der Waals surface area contributed by atoms with E-state index in [1.807, 2.05) is 30.3 Å². The van der Waals surface area contributed by atoms with Crippen LogP contribution in [0, 0.1) is 11.3 Å². The van der Waals surface area contributed by atoms with E-state index >= 15 is 0 Å². The van der Waals surface area contributed by atoms with Gasteiger partial charge in [-0.05, 0) is 30.7 Å². The van der Waals surface area contributed by atoms with Crippen LogP contribution in [0.2, 0.25) is 0 Å². The standard InChI is InChI=1S/C14H20N2O3/c1-18-11-13(17)6-8-16-10-12-2-4-14(5-3-12)19-9-7-15/h2-5,13,16-17H,6,8-11H2,1H3. The topological polar surface area (TPSA) is 74.5 Å². The van der Waals surface area contributed by atoms with Gasteiger partial charge in [0.15, 0.2) is 6.61 Å². The highest BCUT2D eigenvalue weighted by Gasteiger charge is 2.02. The van der Waals surface area contributed by atoms with Gasteiger partial charge in [0.1, 0.15) is 11.8 Å². The zero-order valence-corrected chi connectivity index (χ0v) is 11.1. The van der Waals surface area contributed by atoms with Crippen molar-refractivity contribution in [2.75, 3.05) is 26.9 Å². The van der Waals surface area contributed by atoms with Crippen LogP contribution in [0.1, 0.15) is 12.0 Å². The summed E-state index contributed by atoms with van der Waals surface area (Å²) < 4.78 is 10.0. The van der Waals surface area contributed by atoms with Gasteiger partial charge in [0.2, 0.25) is 0 Å². The molecule has 104 valence electrons. The van der Waals surface area contributed by atoms with Crippen LogP contribution in [0.4, 0.5) is 0 Å². The molecule has 0 aliphatic heterocycles. The minimum Gasteiger partial charge on any atom is -0.479 e. The number of rotatable bonds is 9. The molecule has 1 aromatic carbocycles. The van der Waals surface area contributed by atoms with E-state index in [1.54, 1.807) is 7.11 Å². The van der Waals surface area contributed by atoms with Crippen molar-refractivity contribution in [2.24, 2.45) is 0 Å². The maximum Gasteiger partial charge on any atom is 0.174 e. The minimum atomic E-state index is -0.417. The molecule has 2 N–H and O–H groups in total. The van der Waals surface area contributed by atoms with Crippen LogP contribution in [0.3, 0.4) is 0 Å². The van der Waals surface area contributed by atoms with Gasteiger partial charge >= 0.3 is 0 Å². The predicted molar refractivity (Wildman–Crippen MR) is 71.8 cm³/mol. The summed E-state index contributed by atoms with van der Waals surface area (Å²) in [5.74, 6) is 0.695. The van der Waals surface area contributed by atoms with Gasteiger partial charge in [0, 0.05) is 13.7 Å². The first-order valence-corrected chi connectivity index (χ1v) is 6.22. The van der Waals surface area contributed by atoms with E-state index in [0.717, 1.165) is 18.7 Å². The van der Waals surface area contributed by atoms with Gasteiger partial charge in [-0.15, -0.1) is 0 Å². The van der Waals surface area contributed by atoms with E-state index in [2.05, 4.69) is 5.32 Å². The third-order valence-electron chi connectivity index (χ3n) is 2.57. The summed E-state index contributed by atoms with van der Waals surface area (Å²) in [6.07, 6.45) is 0.247. The van der Waals surface area contributed by atoms with Gasteiger partial charge in [0.25, 0.3) is 0 Å². The summed E-state index contributed by atoms with van der Waals surface area (Å²) >= 11 is 0. The third kappa shape index (κ3) is 6.77. The molecule has 0 saturated carbocycles. The van der Waals surface area contributed by atoms with Gasteiger partial charge in [-0.1, -0.05) is 12.1 Å². The molecule has 0 spiro atoms. The highest BCUT2D eigenvalue weighted by atomic mass is 16.5. The average molecular weight is 264 g/mol. The number of aliphatic hydroxyl groups is 1. The molecule has 5 heteroatoms. The molecule has 0 bridgehead atoms. The van der Waals surface area contributed by atoms with Gasteiger partial charge in [-0.25, -0.2) is 0 Å². The Balaban J connectivity index is 2.21. The van der Waals surface area contributed by atoms with E-state index in [-0.39, 0.29) is 6.61 Å². The number of ether oxygens (including phenoxy) is 2. The number of aliphatic hydroxyl groups excluding tert-OH is 1. The van der Waals surface area contributed by atoms with Crippen LogP contribution in [0.25, 0.3) is 0 Å². The van der Waals surface area contributed by atoms with E-state index in [9.17, 15) is 5.11 Å². The number of nitrogens with zero attached hydrogens (tertiary/aromatic N) is 1. The molecule has 0 fully saturated rings. The second kappa shape index (κ2) is 9.34. The molecule has 1 rings (SSSR count). The summed E-state index contributed by atoms with van der Waals surface area (Å²) in [7, 11) is 1.58. The van der Waals surface area contributed by atoms with Crippen LogP contribution in [0.5, 0.6) is 5.75 Å². The molecular formula is C14H20N2O3. The maximum absolute atomic E-state index is 9.46. The predicted octanol–water partition coefficient (Wildman–Crippen LogP) is 1.08. The highest BCUT2D eigenvalue weighted by Crippen LogP contribution is 2.11. The maximum atomic E-state index is 9.46. The van der Waals surface area contributed by atoms with Crippen molar-refractivity contribution in [3.8, 4) is 11.8 Å². The van der Waals surface area contributed by atoms with E-state index in [0.29, 0.717) is 18.8 Å². The minimum absolute atomic E-state index is 0.0645. The second-order valence-corrected chi connectivity index (χ2v) is 4.17. The van der Waals surface area contributed by atoms with Crippen molar-refractivity contribution in [3.63, 3.8) is 0 Å². The van der Waals surface area contributed by atoms with E-state index in [4.69, 9.17) is 14.7 Å². The summed E-state index contributed by atoms with van der Waals surface area (Å²) in [4.78, 5) is 0. The van der Waals surface area contributed by atoms with E-state index < -0.39 is 6.10 Å². The molecule has 1 aromatic rings. The molecule has 1 unspecified atom stereocenters. The van der Waals surface area contributed by atoms with Crippen LogP contribution in [0.15, 0.2) is 24.3 Å². The third-order valence-corrected chi connectivity index (χ3v) is 2.57. The molecular weight excluding hydrogens is 244 g/mol. The Kier molecular flexibility index (Phi) is 7.59. The summed E-state index contributed by atoms with van der Waals surface area (Å²) in [5, 5.41) is 21.1. The molecule has 0 aromatic heterocycles. The molecule has 5 nitrogen and oxygen atoms in total. The quantitative estimate of drug-likeness (QED) is 0.653. The SMILES string of the molecule is COCC(O)CCNCc1ccc(OCC#N)cc1. The first kappa shape index (κ1) is 15.4. The lowest BCUT2D eigenvalue weighted by atomic mass is 10.2. The Bertz CT molecular complexity index is 387. The Morgan fingerprint density at radius 3 is 2.74 bits per heavy atom. The van der Waals surface area contributed by atoms with Crippen molar-refractivity contribution in [1.29, 1.82) is 5.26 Å². The van der Waals surface area contributed by atoms with Gasteiger partial charge in [0.05, 0.1) is 12.7 Å². The summed E-state index contributed by atoms with van der Waals surface area (Å²) in [6, 6.07) is 9.51. The molecule has 0 amide bonds. The van der Waals surface area contributed by atoms with E-state index in [1.165, 1.54) is 0 Å². The Morgan fingerprint density at radius 1 is 1.37 bits per heavy atom. The van der Waals surface area contributed by atoms with Crippen molar-refractivity contribution >= 4 is 0 Å². The smallest absolute Gasteiger partial charge is 0.174 e. The fraction of sp³-hybridized carbons (Fsp3) is 0.500. The molecule has 0 aliphatic carbocycles. The molecule has 0 heterocycles. The van der Waals surface area contributed by atoms with Crippen molar-refractivity contribution in [3.05, 3.63) is 29.8 Å². The van der Waals surface area contributed by atoms with Crippen molar-refractivity contribution in [1.82, 2.24) is 5.32 Å². The van der Waals surface area contributed by atoms with Crippen LogP contribution < -0.4 is 10.1 Å². The second-order valence-electron chi connectivity index (χ2n) is 4.17. The normalized spacial score (nSPS) is 11.8. The van der Waals surface area contributed by atoms with Gasteiger partial charge in [-0.3, -0.25) is 0 Å². The molecule has 1 atom stereocenters. The Morgan fingerprint density at radius 2 is 2.11 bits per heavy atom. The van der Waals surface area contributed by atoms with Gasteiger partial charge in [-0.2, -0.15) is 5.26 Å². The molecule has 0 radical (unpaired) electrons. The number of hydrogen-bond acceptors (Lipinski definition) is 5. The number of methoxy groups -OCH3 is 1. The lowest BCUT2D eigenvalue weighted by Crippen LogP contribution is -2.22. The number of hydrogen-bond donors (Lipinski definition) is 2. The molecule has 0 saturated heterocycles. The summed E-state index contributed by atoms with van der Waals surface area (Å²) in [5.41, 5.74) is 1.13. The summed E-state index contributed by atoms with van der Waals surface area (Å²) in [6.45, 7) is 1.90. The average Bonchev–Trinajstić information content (AvgIpc) is 2.43. The van der Waals surface area contributed by atoms with Crippen LogP contribution in [-0.2, 0) is 11.3 Å². The van der Waals surface area contributed by atoms with Crippen LogP contribution >= 0.6 is 0 Å². The Hall–Kier alpha value is -1.61. The first-order chi connectivity index (χ1) is 9.26. The monoisotopic (exact) mass is 264 g/mol.